The third-order valence-electron chi connectivity index (χ3n) is 7.51. The molecule has 1 heterocycles. The predicted octanol–water partition coefficient (Wildman–Crippen LogP) is 3.16. The predicted molar refractivity (Wildman–Crippen MR) is 136 cm³/mol. The first-order valence-corrected chi connectivity index (χ1v) is 12.8. The van der Waals surface area contributed by atoms with E-state index in [4.69, 9.17) is 4.74 Å². The summed E-state index contributed by atoms with van der Waals surface area (Å²) in [6.45, 7) is 1.96. The number of aromatic amines is 1. The van der Waals surface area contributed by atoms with Crippen molar-refractivity contribution in [3.05, 3.63) is 64.1 Å². The van der Waals surface area contributed by atoms with Crippen molar-refractivity contribution in [3.63, 3.8) is 0 Å². The van der Waals surface area contributed by atoms with Gasteiger partial charge in [-0.3, -0.25) is 19.2 Å². The largest absolute Gasteiger partial charge is 0.497 e. The second kappa shape index (κ2) is 11.1. The second-order valence-electron chi connectivity index (χ2n) is 10.4. The van der Waals surface area contributed by atoms with Crippen LogP contribution in [0.3, 0.4) is 0 Å². The van der Waals surface area contributed by atoms with Gasteiger partial charge in [-0.15, -0.1) is 0 Å². The van der Waals surface area contributed by atoms with E-state index < -0.39 is 29.5 Å². The number of hydrogen-bond acceptors (Lipinski definition) is 5. The molecule has 2 aliphatic rings. The molecule has 2 unspecified atom stereocenters. The average Bonchev–Trinajstić information content (AvgIpc) is 3.41. The van der Waals surface area contributed by atoms with Gasteiger partial charge in [0.1, 0.15) is 17.5 Å². The summed E-state index contributed by atoms with van der Waals surface area (Å²) >= 11 is 0. The van der Waals surface area contributed by atoms with Crippen LogP contribution in [0.2, 0.25) is 0 Å². The van der Waals surface area contributed by atoms with Gasteiger partial charge < -0.3 is 20.4 Å². The number of carbonyl (C=O) groups excluding carboxylic acids is 3. The van der Waals surface area contributed by atoms with Crippen LogP contribution >= 0.6 is 0 Å². The van der Waals surface area contributed by atoms with Crippen LogP contribution < -0.4 is 20.9 Å². The summed E-state index contributed by atoms with van der Waals surface area (Å²) < 4.78 is 5.21. The Bertz CT molecular complexity index is 1150. The van der Waals surface area contributed by atoms with Crippen molar-refractivity contribution in [2.45, 2.75) is 70.4 Å². The molecule has 2 aromatic rings. The van der Waals surface area contributed by atoms with Crippen LogP contribution in [0.25, 0.3) is 0 Å². The van der Waals surface area contributed by atoms with E-state index in [2.05, 4.69) is 15.6 Å². The zero-order chi connectivity index (χ0) is 25.7. The number of methoxy groups -OCH3 is 1. The number of hydrogen-bond donors (Lipinski definition) is 3. The highest BCUT2D eigenvalue weighted by Gasteiger charge is 2.48. The van der Waals surface area contributed by atoms with E-state index in [0.29, 0.717) is 18.1 Å². The first-order valence-electron chi connectivity index (χ1n) is 12.8. The van der Waals surface area contributed by atoms with Gasteiger partial charge in [0, 0.05) is 17.9 Å². The molecule has 2 saturated carbocycles. The van der Waals surface area contributed by atoms with Crippen molar-refractivity contribution in [2.75, 3.05) is 7.11 Å². The van der Waals surface area contributed by atoms with Crippen LogP contribution in [0.1, 0.15) is 67.9 Å². The Morgan fingerprint density at radius 1 is 1.03 bits per heavy atom. The molecule has 2 amide bonds. The SMILES string of the molecule is COc1ccc(CC(NC(=O)c2cccc(=O)[nH]2)C(=O)NC(CC2CCCC2)C(=O)C2(C)CC2)cc1. The van der Waals surface area contributed by atoms with Crippen molar-refractivity contribution in [1.29, 1.82) is 0 Å². The van der Waals surface area contributed by atoms with E-state index >= 15 is 0 Å². The fourth-order valence-electron chi connectivity index (χ4n) is 4.96. The fourth-order valence-corrected chi connectivity index (χ4v) is 4.96. The summed E-state index contributed by atoms with van der Waals surface area (Å²) in [6, 6.07) is 10.0. The van der Waals surface area contributed by atoms with Gasteiger partial charge in [0.15, 0.2) is 5.78 Å². The van der Waals surface area contributed by atoms with E-state index in [-0.39, 0.29) is 23.3 Å². The third kappa shape index (κ3) is 6.42. The van der Waals surface area contributed by atoms with Crippen molar-refractivity contribution in [2.24, 2.45) is 11.3 Å². The smallest absolute Gasteiger partial charge is 0.268 e. The van der Waals surface area contributed by atoms with Crippen molar-refractivity contribution >= 4 is 17.6 Å². The number of aromatic nitrogens is 1. The van der Waals surface area contributed by atoms with Gasteiger partial charge >= 0.3 is 0 Å². The lowest BCUT2D eigenvalue weighted by Crippen LogP contribution is -2.54. The highest BCUT2D eigenvalue weighted by Crippen LogP contribution is 2.47. The van der Waals surface area contributed by atoms with E-state index in [0.717, 1.165) is 44.1 Å². The minimum absolute atomic E-state index is 0.0686. The molecule has 3 N–H and O–H groups in total. The quantitative estimate of drug-likeness (QED) is 0.445. The Kier molecular flexibility index (Phi) is 7.91. The van der Waals surface area contributed by atoms with Gasteiger partial charge in [0.2, 0.25) is 11.5 Å². The molecule has 0 spiro atoms. The van der Waals surface area contributed by atoms with E-state index in [1.165, 1.54) is 18.2 Å². The molecule has 192 valence electrons. The molecule has 4 rings (SSSR count). The standard InChI is InChI=1S/C28H35N3O5/c1-28(14-15-28)25(33)22(16-18-6-3-4-7-18)30-27(35)23(17-19-10-12-20(36-2)13-11-19)31-26(34)21-8-5-9-24(32)29-21/h5,8-13,18,22-23H,3-4,6-7,14-17H2,1-2H3,(H,29,32)(H,30,35)(H,31,34). The molecule has 0 radical (unpaired) electrons. The summed E-state index contributed by atoms with van der Waals surface area (Å²) in [5, 5.41) is 5.77. The monoisotopic (exact) mass is 493 g/mol. The molecule has 0 saturated heterocycles. The number of amides is 2. The minimum atomic E-state index is -0.930. The lowest BCUT2D eigenvalue weighted by molar-refractivity contribution is -0.131. The first-order chi connectivity index (χ1) is 17.3. The van der Waals surface area contributed by atoms with Gasteiger partial charge in [-0.2, -0.15) is 0 Å². The molecule has 2 aliphatic carbocycles. The normalized spacial score (nSPS) is 18.2. The molecular weight excluding hydrogens is 458 g/mol. The molecule has 1 aromatic carbocycles. The van der Waals surface area contributed by atoms with Crippen molar-refractivity contribution in [3.8, 4) is 5.75 Å². The van der Waals surface area contributed by atoms with Gasteiger partial charge in [-0.05, 0) is 48.9 Å². The van der Waals surface area contributed by atoms with E-state index in [9.17, 15) is 19.2 Å². The fraction of sp³-hybridized carbons (Fsp3) is 0.500. The van der Waals surface area contributed by atoms with Gasteiger partial charge in [-0.25, -0.2) is 0 Å². The van der Waals surface area contributed by atoms with Crippen LogP contribution in [0.15, 0.2) is 47.3 Å². The molecule has 36 heavy (non-hydrogen) atoms. The molecule has 2 fully saturated rings. The molecule has 8 heteroatoms. The Labute approximate surface area is 211 Å². The molecular formula is C28H35N3O5. The Balaban J connectivity index is 1.54. The number of carbonyl (C=O) groups is 3. The first kappa shape index (κ1) is 25.7. The van der Waals surface area contributed by atoms with E-state index in [1.54, 1.807) is 19.2 Å². The number of ether oxygens (including phenoxy) is 1. The third-order valence-corrected chi connectivity index (χ3v) is 7.51. The maximum absolute atomic E-state index is 13.6. The van der Waals surface area contributed by atoms with Crippen LogP contribution in [-0.4, -0.2) is 41.8 Å². The van der Waals surface area contributed by atoms with Crippen molar-refractivity contribution < 1.29 is 19.1 Å². The summed E-state index contributed by atoms with van der Waals surface area (Å²) in [5.74, 6) is 0.230. The number of Topliss-reactive ketones (excluding diaryl/α,β-unsaturated/α-hetero) is 1. The van der Waals surface area contributed by atoms with Gasteiger partial charge in [0.25, 0.3) is 5.91 Å². The lowest BCUT2D eigenvalue weighted by atomic mass is 9.89. The summed E-state index contributed by atoms with van der Waals surface area (Å²) in [6.07, 6.45) is 7.00. The molecule has 8 nitrogen and oxygen atoms in total. The zero-order valence-electron chi connectivity index (χ0n) is 21.0. The van der Waals surface area contributed by atoms with E-state index in [1.807, 2.05) is 19.1 Å². The number of pyridine rings is 1. The highest BCUT2D eigenvalue weighted by atomic mass is 16.5. The topological polar surface area (TPSA) is 117 Å². The average molecular weight is 494 g/mol. The maximum Gasteiger partial charge on any atom is 0.268 e. The van der Waals surface area contributed by atoms with Crippen LogP contribution in [0.4, 0.5) is 0 Å². The Hall–Kier alpha value is -3.42. The number of nitrogens with one attached hydrogen (secondary N) is 3. The van der Waals surface area contributed by atoms with Crippen LogP contribution in [-0.2, 0) is 16.0 Å². The number of ketones is 1. The van der Waals surface area contributed by atoms with Gasteiger partial charge in [0.05, 0.1) is 13.2 Å². The van der Waals surface area contributed by atoms with Crippen LogP contribution in [0, 0.1) is 11.3 Å². The lowest BCUT2D eigenvalue weighted by Gasteiger charge is -2.26. The van der Waals surface area contributed by atoms with Gasteiger partial charge in [-0.1, -0.05) is 50.8 Å². The number of rotatable bonds is 11. The Morgan fingerprint density at radius 3 is 2.33 bits per heavy atom. The highest BCUT2D eigenvalue weighted by molar-refractivity contribution is 5.98. The van der Waals surface area contributed by atoms with Crippen molar-refractivity contribution in [1.82, 2.24) is 15.6 Å². The molecule has 0 bridgehead atoms. The Morgan fingerprint density at radius 2 is 1.72 bits per heavy atom. The summed E-state index contributed by atoms with van der Waals surface area (Å²) in [7, 11) is 1.58. The second-order valence-corrected chi connectivity index (χ2v) is 10.4. The molecule has 2 atom stereocenters. The molecule has 1 aromatic heterocycles. The number of H-pyrrole nitrogens is 1. The number of benzene rings is 1. The minimum Gasteiger partial charge on any atom is -0.497 e. The van der Waals surface area contributed by atoms with Crippen LogP contribution in [0.5, 0.6) is 5.75 Å². The maximum atomic E-state index is 13.6. The molecule has 0 aliphatic heterocycles. The summed E-state index contributed by atoms with van der Waals surface area (Å²) in [4.78, 5) is 54.0. The zero-order valence-corrected chi connectivity index (χ0v) is 21.0. The summed E-state index contributed by atoms with van der Waals surface area (Å²) in [5.41, 5.74) is 0.123.